The van der Waals surface area contributed by atoms with Crippen LogP contribution in [0, 0.1) is 12.7 Å². The van der Waals surface area contributed by atoms with Crippen LogP contribution in [0.5, 0.6) is 5.75 Å². The molecule has 1 amide bonds. The molecular weight excluding hydrogens is 421 g/mol. The third kappa shape index (κ3) is 4.36. The number of nitrogens with one attached hydrogen (secondary N) is 1. The molecule has 158 valence electrons. The third-order valence-corrected chi connectivity index (χ3v) is 5.06. The average Bonchev–Trinajstić information content (AvgIpc) is 3.14. The highest BCUT2D eigenvalue weighted by atomic mass is 35.5. The van der Waals surface area contributed by atoms with E-state index in [4.69, 9.17) is 20.9 Å². The Morgan fingerprint density at radius 1 is 1.19 bits per heavy atom. The Hall–Kier alpha value is -3.45. The third-order valence-electron chi connectivity index (χ3n) is 4.75. The van der Waals surface area contributed by atoms with Crippen molar-refractivity contribution in [2.24, 2.45) is 0 Å². The zero-order chi connectivity index (χ0) is 21.8. The molecule has 0 unspecified atom stereocenters. The fourth-order valence-electron chi connectivity index (χ4n) is 3.27. The topological polar surface area (TPSA) is 77.2 Å². The highest BCUT2D eigenvalue weighted by Gasteiger charge is 2.25. The van der Waals surface area contributed by atoms with Crippen LogP contribution in [-0.4, -0.2) is 29.2 Å². The molecule has 0 saturated carbocycles. The smallest absolute Gasteiger partial charge is 0.257 e. The van der Waals surface area contributed by atoms with Gasteiger partial charge in [-0.3, -0.25) is 9.78 Å². The number of nitrogens with zero attached hydrogens (tertiary/aromatic N) is 2. The zero-order valence-electron chi connectivity index (χ0n) is 16.7. The van der Waals surface area contributed by atoms with Gasteiger partial charge in [-0.15, -0.1) is 0 Å². The number of carbonyl (C=O) groups excluding carboxylic acids is 1. The van der Waals surface area contributed by atoms with Crippen LogP contribution in [0.3, 0.4) is 0 Å². The summed E-state index contributed by atoms with van der Waals surface area (Å²) in [5, 5.41) is 7.80. The summed E-state index contributed by atoms with van der Waals surface area (Å²) in [7, 11) is 0. The number of ether oxygens (including phenoxy) is 1. The van der Waals surface area contributed by atoms with E-state index in [1.807, 2.05) is 30.3 Å². The Bertz CT molecular complexity index is 1220. The number of aryl methyl sites for hydroxylation is 1. The van der Waals surface area contributed by atoms with Gasteiger partial charge in [0.05, 0.1) is 17.2 Å². The number of hydrogen-bond acceptors (Lipinski definition) is 5. The predicted molar refractivity (Wildman–Crippen MR) is 116 cm³/mol. The summed E-state index contributed by atoms with van der Waals surface area (Å²) in [5.74, 6) is -0.0208. The van der Waals surface area contributed by atoms with Crippen molar-refractivity contribution in [2.75, 3.05) is 13.2 Å². The highest BCUT2D eigenvalue weighted by Crippen LogP contribution is 2.33. The van der Waals surface area contributed by atoms with Crippen molar-refractivity contribution in [1.29, 1.82) is 0 Å². The Labute approximate surface area is 183 Å². The van der Waals surface area contributed by atoms with Gasteiger partial charge in [0, 0.05) is 18.1 Å². The van der Waals surface area contributed by atoms with Gasteiger partial charge in [0.1, 0.15) is 34.1 Å². The Morgan fingerprint density at radius 2 is 2.00 bits per heavy atom. The van der Waals surface area contributed by atoms with Crippen LogP contribution in [0.1, 0.15) is 22.5 Å². The molecule has 0 aliphatic carbocycles. The van der Waals surface area contributed by atoms with Gasteiger partial charge in [0.25, 0.3) is 5.91 Å². The molecule has 4 aromatic rings. The first kappa shape index (κ1) is 20.8. The number of benzene rings is 2. The van der Waals surface area contributed by atoms with Gasteiger partial charge in [0.15, 0.2) is 0 Å². The molecule has 0 spiro atoms. The van der Waals surface area contributed by atoms with Crippen molar-refractivity contribution < 1.29 is 18.4 Å². The van der Waals surface area contributed by atoms with E-state index in [0.717, 1.165) is 10.9 Å². The molecule has 2 heterocycles. The van der Waals surface area contributed by atoms with Crippen LogP contribution < -0.4 is 10.1 Å². The van der Waals surface area contributed by atoms with E-state index in [-0.39, 0.29) is 27.6 Å². The lowest BCUT2D eigenvalue weighted by Crippen LogP contribution is -2.26. The molecule has 0 fully saturated rings. The fraction of sp³-hybridized carbons (Fsp3) is 0.174. The average molecular weight is 440 g/mol. The second-order valence-electron chi connectivity index (χ2n) is 6.85. The van der Waals surface area contributed by atoms with E-state index in [0.29, 0.717) is 25.3 Å². The molecule has 31 heavy (non-hydrogen) atoms. The van der Waals surface area contributed by atoms with Gasteiger partial charge in [0.2, 0.25) is 0 Å². The molecule has 0 saturated heterocycles. The number of amides is 1. The number of para-hydroxylation sites is 1. The highest BCUT2D eigenvalue weighted by molar-refractivity contribution is 6.33. The first-order chi connectivity index (χ1) is 15.1. The summed E-state index contributed by atoms with van der Waals surface area (Å²) in [6.45, 7) is 2.34. The van der Waals surface area contributed by atoms with Crippen LogP contribution in [0.2, 0.25) is 5.02 Å². The SMILES string of the molecule is Cc1onc(-c2c(F)cccc2Cl)c1C(=O)NCCCOc1cccc2cccnc12. The van der Waals surface area contributed by atoms with E-state index >= 15 is 0 Å². The molecule has 1 N–H and O–H groups in total. The molecule has 0 aliphatic rings. The second kappa shape index (κ2) is 9.14. The largest absolute Gasteiger partial charge is 0.491 e. The lowest BCUT2D eigenvalue weighted by Gasteiger charge is -2.10. The maximum absolute atomic E-state index is 14.3. The number of fused-ring (bicyclic) bond motifs is 1. The first-order valence-electron chi connectivity index (χ1n) is 9.71. The van der Waals surface area contributed by atoms with Gasteiger partial charge in [-0.1, -0.05) is 41.0 Å². The molecule has 0 atom stereocenters. The minimum atomic E-state index is -0.577. The summed E-state index contributed by atoms with van der Waals surface area (Å²) >= 11 is 6.12. The Kier molecular flexibility index (Phi) is 6.13. The molecular formula is C23H19ClFN3O3. The monoisotopic (exact) mass is 439 g/mol. The molecule has 8 heteroatoms. The summed E-state index contributed by atoms with van der Waals surface area (Å²) in [6, 6.07) is 13.9. The van der Waals surface area contributed by atoms with E-state index < -0.39 is 11.7 Å². The van der Waals surface area contributed by atoms with Gasteiger partial charge >= 0.3 is 0 Å². The number of rotatable bonds is 7. The second-order valence-corrected chi connectivity index (χ2v) is 7.26. The summed E-state index contributed by atoms with van der Waals surface area (Å²) in [6.07, 6.45) is 2.28. The molecule has 2 aromatic heterocycles. The fourth-order valence-corrected chi connectivity index (χ4v) is 3.52. The molecule has 0 radical (unpaired) electrons. The first-order valence-corrected chi connectivity index (χ1v) is 10.1. The lowest BCUT2D eigenvalue weighted by atomic mass is 10.0. The minimum Gasteiger partial charge on any atom is -0.491 e. The summed E-state index contributed by atoms with van der Waals surface area (Å²) in [5.41, 5.74) is 1.07. The molecule has 0 aliphatic heterocycles. The predicted octanol–water partition coefficient (Wildman–Crippen LogP) is 5.19. The van der Waals surface area contributed by atoms with Gasteiger partial charge in [-0.05, 0) is 37.6 Å². The molecule has 0 bridgehead atoms. The van der Waals surface area contributed by atoms with Crippen molar-refractivity contribution >= 4 is 28.4 Å². The number of hydrogen-bond donors (Lipinski definition) is 1. The normalized spacial score (nSPS) is 10.9. The number of aromatic nitrogens is 2. The summed E-state index contributed by atoms with van der Waals surface area (Å²) < 4.78 is 25.3. The maximum atomic E-state index is 14.3. The van der Waals surface area contributed by atoms with Gasteiger partial charge in [-0.2, -0.15) is 0 Å². The van der Waals surface area contributed by atoms with Crippen LogP contribution in [0.25, 0.3) is 22.2 Å². The van der Waals surface area contributed by atoms with Crippen molar-refractivity contribution in [3.8, 4) is 17.0 Å². The number of halogens is 2. The number of carbonyl (C=O) groups is 1. The zero-order valence-corrected chi connectivity index (χ0v) is 17.4. The number of pyridine rings is 1. The van der Waals surface area contributed by atoms with Crippen molar-refractivity contribution in [3.63, 3.8) is 0 Å². The van der Waals surface area contributed by atoms with Gasteiger partial charge in [-0.25, -0.2) is 4.39 Å². The lowest BCUT2D eigenvalue weighted by molar-refractivity contribution is 0.0950. The van der Waals surface area contributed by atoms with Crippen molar-refractivity contribution in [2.45, 2.75) is 13.3 Å². The van der Waals surface area contributed by atoms with Crippen LogP contribution in [0.15, 0.2) is 59.3 Å². The molecule has 6 nitrogen and oxygen atoms in total. The molecule has 4 rings (SSSR count). The minimum absolute atomic E-state index is 0.0398. The van der Waals surface area contributed by atoms with E-state index in [1.54, 1.807) is 13.1 Å². The molecule has 2 aromatic carbocycles. The standard InChI is InChI=1S/C23H19ClFN3O3/c1-14-19(22(28-31-14)20-16(24)8-3-9-17(20)25)23(29)27-12-5-13-30-18-10-2-6-15-7-4-11-26-21(15)18/h2-4,6-11H,5,12-13H2,1H3,(H,27,29). The van der Waals surface area contributed by atoms with Crippen LogP contribution >= 0.6 is 11.6 Å². The van der Waals surface area contributed by atoms with Crippen LogP contribution in [-0.2, 0) is 0 Å². The van der Waals surface area contributed by atoms with E-state index in [2.05, 4.69) is 15.5 Å². The maximum Gasteiger partial charge on any atom is 0.257 e. The summed E-state index contributed by atoms with van der Waals surface area (Å²) in [4.78, 5) is 17.1. The quantitative estimate of drug-likeness (QED) is 0.401. The van der Waals surface area contributed by atoms with E-state index in [9.17, 15) is 9.18 Å². The van der Waals surface area contributed by atoms with Crippen LogP contribution in [0.4, 0.5) is 4.39 Å². The van der Waals surface area contributed by atoms with Crippen molar-refractivity contribution in [3.05, 3.63) is 76.9 Å². The van der Waals surface area contributed by atoms with Gasteiger partial charge < -0.3 is 14.6 Å². The van der Waals surface area contributed by atoms with E-state index in [1.165, 1.54) is 18.2 Å². The Morgan fingerprint density at radius 3 is 2.84 bits per heavy atom. The van der Waals surface area contributed by atoms with Crippen molar-refractivity contribution in [1.82, 2.24) is 15.5 Å². The Balaban J connectivity index is 1.38.